The highest BCUT2D eigenvalue weighted by molar-refractivity contribution is 5.69. The first-order valence-corrected chi connectivity index (χ1v) is 10.9. The van der Waals surface area contributed by atoms with Crippen LogP contribution in [0.25, 0.3) is 5.70 Å². The molecule has 1 aromatic heterocycles. The van der Waals surface area contributed by atoms with E-state index >= 15 is 0 Å². The molecule has 1 heterocycles. The van der Waals surface area contributed by atoms with Crippen LogP contribution in [0.2, 0.25) is 0 Å². The van der Waals surface area contributed by atoms with Crippen molar-refractivity contribution in [2.45, 2.75) is 58.5 Å². The Bertz CT molecular complexity index is 774. The third kappa shape index (κ3) is 6.01. The van der Waals surface area contributed by atoms with E-state index in [2.05, 4.69) is 17.2 Å². The Labute approximate surface area is 179 Å². The molecule has 2 aliphatic rings. The zero-order valence-electron chi connectivity index (χ0n) is 18.3. The molecule has 2 fully saturated rings. The topological polar surface area (TPSA) is 116 Å². The smallest absolute Gasteiger partial charge is 0.407 e. The Morgan fingerprint density at radius 3 is 2.60 bits per heavy atom. The van der Waals surface area contributed by atoms with Gasteiger partial charge in [0.15, 0.2) is 0 Å². The van der Waals surface area contributed by atoms with Crippen LogP contribution in [0.5, 0.6) is 5.75 Å². The first-order valence-electron chi connectivity index (χ1n) is 10.9. The maximum atomic E-state index is 12.0. The van der Waals surface area contributed by atoms with Gasteiger partial charge >= 0.3 is 6.09 Å². The van der Waals surface area contributed by atoms with E-state index in [0.29, 0.717) is 35.5 Å². The number of pyridine rings is 1. The highest BCUT2D eigenvalue weighted by Crippen LogP contribution is 2.37. The highest BCUT2D eigenvalue weighted by Gasteiger charge is 2.33. The summed E-state index contributed by atoms with van der Waals surface area (Å²) in [6, 6.07) is 3.74. The molecule has 3 rings (SSSR count). The van der Waals surface area contributed by atoms with Gasteiger partial charge in [-0.1, -0.05) is 13.3 Å². The van der Waals surface area contributed by atoms with Crippen LogP contribution in [0.3, 0.4) is 0 Å². The number of aryl methyl sites for hydroxylation is 1. The summed E-state index contributed by atoms with van der Waals surface area (Å²) in [7, 11) is 1.68. The second-order valence-corrected chi connectivity index (χ2v) is 8.55. The Balaban J connectivity index is 1.62. The van der Waals surface area contributed by atoms with Gasteiger partial charge in [0.05, 0.1) is 42.0 Å². The van der Waals surface area contributed by atoms with E-state index in [9.17, 15) is 4.79 Å². The average Bonchev–Trinajstić information content (AvgIpc) is 3.43. The summed E-state index contributed by atoms with van der Waals surface area (Å²) >= 11 is 0. The SMILES string of the molecule is Cc1nc(/C(N)=C(\CNC(=O)OCC2CC2C)N(C)N)ccc1OC1CCCCC1. The van der Waals surface area contributed by atoms with E-state index in [4.69, 9.17) is 21.1 Å². The maximum Gasteiger partial charge on any atom is 0.407 e. The number of likely N-dealkylation sites (N-methyl/N-ethyl adjacent to an activating group) is 1. The van der Waals surface area contributed by atoms with Gasteiger partial charge in [-0.2, -0.15) is 0 Å². The van der Waals surface area contributed by atoms with Gasteiger partial charge in [0.25, 0.3) is 0 Å². The summed E-state index contributed by atoms with van der Waals surface area (Å²) in [5, 5.41) is 4.11. The molecule has 0 saturated heterocycles. The minimum Gasteiger partial charge on any atom is -0.489 e. The summed E-state index contributed by atoms with van der Waals surface area (Å²) in [5.74, 6) is 7.86. The lowest BCUT2D eigenvalue weighted by atomic mass is 9.98. The molecule has 1 aromatic rings. The molecular formula is C22H35N5O3. The Morgan fingerprint density at radius 2 is 2.00 bits per heavy atom. The molecule has 2 unspecified atom stereocenters. The van der Waals surface area contributed by atoms with E-state index in [1.807, 2.05) is 19.1 Å². The van der Waals surface area contributed by atoms with Crippen molar-refractivity contribution in [3.05, 3.63) is 29.2 Å². The van der Waals surface area contributed by atoms with Crippen molar-refractivity contribution in [2.75, 3.05) is 20.2 Å². The minimum atomic E-state index is -0.471. The largest absolute Gasteiger partial charge is 0.489 e. The van der Waals surface area contributed by atoms with E-state index in [0.717, 1.165) is 30.7 Å². The number of ether oxygens (including phenoxy) is 2. The molecule has 30 heavy (non-hydrogen) atoms. The summed E-state index contributed by atoms with van der Waals surface area (Å²) in [6.45, 7) is 4.66. The van der Waals surface area contributed by atoms with Crippen molar-refractivity contribution in [1.29, 1.82) is 0 Å². The predicted molar refractivity (Wildman–Crippen MR) is 116 cm³/mol. The molecule has 2 atom stereocenters. The van der Waals surface area contributed by atoms with Gasteiger partial charge in [0, 0.05) is 7.05 Å². The Kier molecular flexibility index (Phi) is 7.42. The molecule has 8 nitrogen and oxygen atoms in total. The van der Waals surface area contributed by atoms with Gasteiger partial charge < -0.3 is 25.5 Å². The number of aromatic nitrogens is 1. The number of carbonyl (C=O) groups is 1. The van der Waals surface area contributed by atoms with Crippen molar-refractivity contribution in [3.8, 4) is 5.75 Å². The molecule has 166 valence electrons. The number of rotatable bonds is 8. The predicted octanol–water partition coefficient (Wildman–Crippen LogP) is 2.92. The van der Waals surface area contributed by atoms with E-state index in [1.165, 1.54) is 24.3 Å². The fraction of sp³-hybridized carbons (Fsp3) is 0.636. The van der Waals surface area contributed by atoms with Gasteiger partial charge in [-0.15, -0.1) is 0 Å². The number of amides is 1. The maximum absolute atomic E-state index is 12.0. The molecule has 0 spiro atoms. The van der Waals surface area contributed by atoms with E-state index in [1.54, 1.807) is 7.05 Å². The molecule has 2 saturated carbocycles. The highest BCUT2D eigenvalue weighted by atomic mass is 16.5. The lowest BCUT2D eigenvalue weighted by Crippen LogP contribution is -2.36. The molecule has 1 amide bonds. The van der Waals surface area contributed by atoms with Crippen LogP contribution in [-0.4, -0.2) is 42.4 Å². The summed E-state index contributed by atoms with van der Waals surface area (Å²) in [4.78, 5) is 16.6. The number of hydrogen-bond acceptors (Lipinski definition) is 7. The molecule has 0 bridgehead atoms. The number of nitrogens with two attached hydrogens (primary N) is 2. The monoisotopic (exact) mass is 417 g/mol. The van der Waals surface area contributed by atoms with Crippen LogP contribution >= 0.6 is 0 Å². The first-order chi connectivity index (χ1) is 14.3. The molecule has 8 heteroatoms. The normalized spacial score (nSPS) is 22.1. The van der Waals surface area contributed by atoms with Gasteiger partial charge in [-0.3, -0.25) is 0 Å². The third-order valence-corrected chi connectivity index (χ3v) is 6.00. The number of hydrogen-bond donors (Lipinski definition) is 3. The lowest BCUT2D eigenvalue weighted by Gasteiger charge is -2.24. The summed E-state index contributed by atoms with van der Waals surface area (Å²) in [5.41, 5.74) is 8.68. The number of nitrogens with one attached hydrogen (secondary N) is 1. The van der Waals surface area contributed by atoms with Crippen molar-refractivity contribution in [2.24, 2.45) is 23.4 Å². The zero-order chi connectivity index (χ0) is 21.7. The van der Waals surface area contributed by atoms with Crippen LogP contribution in [0.1, 0.15) is 56.8 Å². The van der Waals surface area contributed by atoms with E-state index < -0.39 is 6.09 Å². The molecule has 0 radical (unpaired) electrons. The Hall–Kier alpha value is -2.48. The lowest BCUT2D eigenvalue weighted by molar-refractivity contribution is 0.140. The number of hydrazine groups is 1. The van der Waals surface area contributed by atoms with Crippen molar-refractivity contribution in [1.82, 2.24) is 15.3 Å². The molecule has 2 aliphatic carbocycles. The van der Waals surface area contributed by atoms with Crippen molar-refractivity contribution in [3.63, 3.8) is 0 Å². The molecular weight excluding hydrogens is 382 g/mol. The summed E-state index contributed by atoms with van der Waals surface area (Å²) < 4.78 is 11.4. The molecule has 5 N–H and O–H groups in total. The number of alkyl carbamates (subject to hydrolysis) is 1. The fourth-order valence-corrected chi connectivity index (χ4v) is 3.76. The number of carbonyl (C=O) groups excluding carboxylic acids is 1. The standard InChI is InChI=1S/C22H35N5O3/c1-14-11-16(14)13-29-22(28)25-12-19(27(3)24)21(23)18-9-10-20(15(2)26-18)30-17-7-5-4-6-8-17/h9-10,14,16-17H,4-8,11-13,23-24H2,1-3H3,(H,25,28)/b21-19-. The van der Waals surface area contributed by atoms with Crippen molar-refractivity contribution < 1.29 is 14.3 Å². The van der Waals surface area contributed by atoms with Crippen LogP contribution in [0, 0.1) is 18.8 Å². The van der Waals surface area contributed by atoms with Gasteiger partial charge in [0.2, 0.25) is 0 Å². The summed E-state index contributed by atoms with van der Waals surface area (Å²) in [6.07, 6.45) is 6.80. The first kappa shape index (κ1) is 22.2. The number of nitrogens with zero attached hydrogens (tertiary/aromatic N) is 2. The second kappa shape index (κ2) is 10.0. The third-order valence-electron chi connectivity index (χ3n) is 6.00. The van der Waals surface area contributed by atoms with Gasteiger partial charge in [-0.05, 0) is 63.0 Å². The quantitative estimate of drug-likeness (QED) is 0.440. The van der Waals surface area contributed by atoms with Gasteiger partial charge in [-0.25, -0.2) is 15.6 Å². The Morgan fingerprint density at radius 1 is 1.30 bits per heavy atom. The van der Waals surface area contributed by atoms with Crippen LogP contribution in [0.15, 0.2) is 17.8 Å². The fourth-order valence-electron chi connectivity index (χ4n) is 3.76. The van der Waals surface area contributed by atoms with Crippen LogP contribution in [-0.2, 0) is 4.74 Å². The molecule has 0 aromatic carbocycles. The van der Waals surface area contributed by atoms with Gasteiger partial charge in [0.1, 0.15) is 5.75 Å². The van der Waals surface area contributed by atoms with E-state index in [-0.39, 0.29) is 12.6 Å². The van der Waals surface area contributed by atoms with Crippen molar-refractivity contribution >= 4 is 11.8 Å². The van der Waals surface area contributed by atoms with Crippen LogP contribution < -0.4 is 21.6 Å². The second-order valence-electron chi connectivity index (χ2n) is 8.55. The van der Waals surface area contributed by atoms with Crippen LogP contribution in [0.4, 0.5) is 4.79 Å². The molecule has 0 aliphatic heterocycles. The zero-order valence-corrected chi connectivity index (χ0v) is 18.3. The minimum absolute atomic E-state index is 0.152. The average molecular weight is 418 g/mol.